The van der Waals surface area contributed by atoms with Gasteiger partial charge in [-0.15, -0.1) is 0 Å². The van der Waals surface area contributed by atoms with Crippen molar-refractivity contribution >= 4 is 11.6 Å². The molecule has 1 atom stereocenters. The lowest BCUT2D eigenvalue weighted by Crippen LogP contribution is -2.36. The first-order valence-corrected chi connectivity index (χ1v) is 9.41. The molecule has 0 bridgehead atoms. The van der Waals surface area contributed by atoms with Crippen LogP contribution in [0.25, 0.3) is 0 Å². The van der Waals surface area contributed by atoms with Gasteiger partial charge in [-0.2, -0.15) is 0 Å². The summed E-state index contributed by atoms with van der Waals surface area (Å²) in [4.78, 5) is 21.5. The van der Waals surface area contributed by atoms with Crippen LogP contribution in [-0.2, 0) is 4.74 Å². The number of carbonyl (C=O) groups is 1. The Morgan fingerprint density at radius 3 is 2.92 bits per heavy atom. The molecule has 1 amide bonds. The first-order valence-electron chi connectivity index (χ1n) is 9.41. The molecule has 1 aromatic heterocycles. The van der Waals surface area contributed by atoms with Crippen molar-refractivity contribution in [3.63, 3.8) is 0 Å². The van der Waals surface area contributed by atoms with Gasteiger partial charge in [-0.05, 0) is 36.9 Å². The molecule has 2 aliphatic heterocycles. The number of aromatic nitrogens is 1. The van der Waals surface area contributed by atoms with Crippen LogP contribution in [0, 0.1) is 11.8 Å². The summed E-state index contributed by atoms with van der Waals surface area (Å²) in [5.74, 6) is 1.17. The van der Waals surface area contributed by atoms with Gasteiger partial charge in [-0.25, -0.2) is 0 Å². The van der Waals surface area contributed by atoms with Gasteiger partial charge in [-0.3, -0.25) is 9.78 Å². The second kappa shape index (κ2) is 8.63. The smallest absolute Gasteiger partial charge is 0.269 e. The topological polar surface area (TPSA) is 57.7 Å². The number of pyridine rings is 1. The molecule has 3 heterocycles. The van der Waals surface area contributed by atoms with Crippen LogP contribution in [0.5, 0.6) is 0 Å². The second-order valence-corrected chi connectivity index (χ2v) is 7.52. The maximum Gasteiger partial charge on any atom is 0.269 e. The molecule has 0 radical (unpaired) electrons. The maximum atomic E-state index is 12.5. The minimum absolute atomic E-state index is 0.0718. The first-order chi connectivity index (χ1) is 12.1. The van der Waals surface area contributed by atoms with Crippen molar-refractivity contribution in [2.45, 2.75) is 20.3 Å². The molecular weight excluding hydrogens is 316 g/mol. The summed E-state index contributed by atoms with van der Waals surface area (Å²) in [6, 6.07) is 3.85. The van der Waals surface area contributed by atoms with E-state index in [0.29, 0.717) is 17.5 Å². The molecule has 25 heavy (non-hydrogen) atoms. The van der Waals surface area contributed by atoms with E-state index in [1.165, 1.54) is 0 Å². The summed E-state index contributed by atoms with van der Waals surface area (Å²) in [5, 5.41) is 3.07. The predicted molar refractivity (Wildman–Crippen MR) is 99.0 cm³/mol. The zero-order chi connectivity index (χ0) is 17.6. The van der Waals surface area contributed by atoms with Gasteiger partial charge in [0.25, 0.3) is 5.91 Å². The Morgan fingerprint density at radius 1 is 1.36 bits per heavy atom. The molecule has 6 nitrogen and oxygen atoms in total. The molecule has 1 N–H and O–H groups in total. The lowest BCUT2D eigenvalue weighted by molar-refractivity contribution is 0.0942. The third kappa shape index (κ3) is 5.16. The molecule has 2 aliphatic rings. The quantitative estimate of drug-likeness (QED) is 0.848. The van der Waals surface area contributed by atoms with Crippen LogP contribution in [0.1, 0.15) is 30.8 Å². The van der Waals surface area contributed by atoms with Gasteiger partial charge in [0.05, 0.1) is 13.2 Å². The van der Waals surface area contributed by atoms with Gasteiger partial charge in [-0.1, -0.05) is 13.8 Å². The molecule has 2 fully saturated rings. The summed E-state index contributed by atoms with van der Waals surface area (Å²) < 4.78 is 5.39. The molecule has 0 unspecified atom stereocenters. The first kappa shape index (κ1) is 18.1. The third-order valence-corrected chi connectivity index (χ3v) is 4.90. The largest absolute Gasteiger partial charge is 0.378 e. The molecule has 2 saturated heterocycles. The van der Waals surface area contributed by atoms with Crippen LogP contribution in [0.4, 0.5) is 5.69 Å². The van der Waals surface area contributed by atoms with Gasteiger partial charge < -0.3 is 19.9 Å². The van der Waals surface area contributed by atoms with E-state index in [0.717, 1.165) is 64.6 Å². The van der Waals surface area contributed by atoms with E-state index in [4.69, 9.17) is 4.74 Å². The number of carbonyl (C=O) groups excluding carboxylic acids is 1. The van der Waals surface area contributed by atoms with E-state index in [1.807, 2.05) is 12.1 Å². The SMILES string of the molecule is CC(C)CN1CC[C@H](CNC(=O)c2cc(N3CCOCC3)ccn2)C1. The number of likely N-dealkylation sites (tertiary alicyclic amines) is 1. The summed E-state index contributed by atoms with van der Waals surface area (Å²) in [6.45, 7) is 11.8. The Morgan fingerprint density at radius 2 is 2.16 bits per heavy atom. The lowest BCUT2D eigenvalue weighted by Gasteiger charge is -2.28. The highest BCUT2D eigenvalue weighted by Crippen LogP contribution is 2.18. The molecule has 1 aromatic rings. The van der Waals surface area contributed by atoms with Crippen molar-refractivity contribution in [3.05, 3.63) is 24.0 Å². The summed E-state index contributed by atoms with van der Waals surface area (Å²) in [5.41, 5.74) is 1.55. The van der Waals surface area contributed by atoms with Gasteiger partial charge in [0.1, 0.15) is 5.69 Å². The number of nitrogens with one attached hydrogen (secondary N) is 1. The fourth-order valence-electron chi connectivity index (χ4n) is 3.65. The van der Waals surface area contributed by atoms with E-state index in [2.05, 4.69) is 33.9 Å². The Balaban J connectivity index is 1.50. The van der Waals surface area contributed by atoms with Gasteiger partial charge >= 0.3 is 0 Å². The van der Waals surface area contributed by atoms with Crippen LogP contribution in [-0.4, -0.2) is 68.3 Å². The van der Waals surface area contributed by atoms with E-state index in [1.54, 1.807) is 6.20 Å². The molecular formula is C19H30N4O2. The Labute approximate surface area is 150 Å². The molecule has 0 aromatic carbocycles. The summed E-state index contributed by atoms with van der Waals surface area (Å²) in [7, 11) is 0. The molecule has 138 valence electrons. The van der Waals surface area contributed by atoms with Crippen molar-refractivity contribution in [1.82, 2.24) is 15.2 Å². The van der Waals surface area contributed by atoms with Crippen LogP contribution in [0.15, 0.2) is 18.3 Å². The minimum Gasteiger partial charge on any atom is -0.378 e. The van der Waals surface area contributed by atoms with Gasteiger partial charge in [0, 0.05) is 44.6 Å². The van der Waals surface area contributed by atoms with Crippen LogP contribution in [0.3, 0.4) is 0 Å². The average molecular weight is 346 g/mol. The second-order valence-electron chi connectivity index (χ2n) is 7.52. The highest BCUT2D eigenvalue weighted by Gasteiger charge is 2.23. The third-order valence-electron chi connectivity index (χ3n) is 4.90. The van der Waals surface area contributed by atoms with E-state index in [-0.39, 0.29) is 5.91 Å². The Hall–Kier alpha value is -1.66. The summed E-state index contributed by atoms with van der Waals surface area (Å²) in [6.07, 6.45) is 2.88. The Bertz CT molecular complexity index is 572. The number of anilines is 1. The van der Waals surface area contributed by atoms with Crippen molar-refractivity contribution in [3.8, 4) is 0 Å². The van der Waals surface area contributed by atoms with Crippen LogP contribution >= 0.6 is 0 Å². The fraction of sp³-hybridized carbons (Fsp3) is 0.684. The van der Waals surface area contributed by atoms with Crippen LogP contribution in [0.2, 0.25) is 0 Å². The number of morpholine rings is 1. The number of rotatable bonds is 6. The van der Waals surface area contributed by atoms with Gasteiger partial charge in [0.15, 0.2) is 0 Å². The lowest BCUT2D eigenvalue weighted by atomic mass is 10.1. The molecule has 3 rings (SSSR count). The highest BCUT2D eigenvalue weighted by molar-refractivity contribution is 5.93. The summed E-state index contributed by atoms with van der Waals surface area (Å²) >= 11 is 0. The molecule has 6 heteroatoms. The standard InChI is InChI=1S/C19H30N4O2/c1-15(2)13-22-6-4-16(14-22)12-21-19(24)18-11-17(3-5-20-18)23-7-9-25-10-8-23/h3,5,11,15-16H,4,6-10,12-14H2,1-2H3,(H,21,24)/t16-/m1/s1. The minimum atomic E-state index is -0.0718. The zero-order valence-electron chi connectivity index (χ0n) is 15.4. The van der Waals surface area contributed by atoms with Crippen molar-refractivity contribution in [2.24, 2.45) is 11.8 Å². The van der Waals surface area contributed by atoms with Crippen molar-refractivity contribution < 1.29 is 9.53 Å². The molecule has 0 spiro atoms. The Kier molecular flexibility index (Phi) is 6.26. The monoisotopic (exact) mass is 346 g/mol. The van der Waals surface area contributed by atoms with Crippen LogP contribution < -0.4 is 10.2 Å². The van der Waals surface area contributed by atoms with E-state index < -0.39 is 0 Å². The normalized spacial score (nSPS) is 21.7. The number of ether oxygens (including phenoxy) is 1. The molecule has 0 aliphatic carbocycles. The van der Waals surface area contributed by atoms with Crippen molar-refractivity contribution in [1.29, 1.82) is 0 Å². The predicted octanol–water partition coefficient (Wildman–Crippen LogP) is 1.63. The number of hydrogen-bond acceptors (Lipinski definition) is 5. The van der Waals surface area contributed by atoms with E-state index >= 15 is 0 Å². The zero-order valence-corrected chi connectivity index (χ0v) is 15.4. The van der Waals surface area contributed by atoms with Gasteiger partial charge in [0.2, 0.25) is 0 Å². The fourth-order valence-corrected chi connectivity index (χ4v) is 3.65. The number of nitrogens with zero attached hydrogens (tertiary/aromatic N) is 3. The number of amides is 1. The maximum absolute atomic E-state index is 12.5. The molecule has 0 saturated carbocycles. The highest BCUT2D eigenvalue weighted by atomic mass is 16.5. The average Bonchev–Trinajstić information content (AvgIpc) is 3.07. The number of hydrogen-bond donors (Lipinski definition) is 1. The van der Waals surface area contributed by atoms with Crippen molar-refractivity contribution in [2.75, 3.05) is 57.4 Å². The van der Waals surface area contributed by atoms with E-state index in [9.17, 15) is 4.79 Å².